The van der Waals surface area contributed by atoms with Gasteiger partial charge in [-0.15, -0.1) is 0 Å². The monoisotopic (exact) mass is 273 g/mol. The Hall–Kier alpha value is -2.20. The summed E-state index contributed by atoms with van der Waals surface area (Å²) in [5, 5.41) is 12.1. The summed E-state index contributed by atoms with van der Waals surface area (Å²) < 4.78 is 13.2. The largest absolute Gasteiger partial charge is 0.389 e. The lowest BCUT2D eigenvalue weighted by molar-refractivity contribution is 0.102. The minimum absolute atomic E-state index is 0.294. The first kappa shape index (κ1) is 14.2. The van der Waals surface area contributed by atoms with Crippen molar-refractivity contribution in [3.63, 3.8) is 0 Å². The molecule has 0 fully saturated rings. The minimum Gasteiger partial charge on any atom is -0.389 e. The summed E-state index contributed by atoms with van der Waals surface area (Å²) in [6.45, 7) is 3.29. The van der Waals surface area contributed by atoms with Gasteiger partial charge in [-0.05, 0) is 55.3 Å². The van der Waals surface area contributed by atoms with Crippen molar-refractivity contribution in [1.82, 2.24) is 0 Å². The zero-order chi connectivity index (χ0) is 14.7. The van der Waals surface area contributed by atoms with E-state index in [-0.39, 0.29) is 11.7 Å². The maximum absolute atomic E-state index is 13.2. The Labute approximate surface area is 117 Å². The molecule has 0 aliphatic heterocycles. The van der Waals surface area contributed by atoms with Crippen LogP contribution in [0, 0.1) is 12.7 Å². The minimum atomic E-state index is -0.542. The van der Waals surface area contributed by atoms with E-state index in [0.29, 0.717) is 16.8 Å². The SMILES string of the molecule is Cc1cc(C(=O)Nc2ccc(C(C)O)cc2)ccc1F. The van der Waals surface area contributed by atoms with Crippen LogP contribution in [0.25, 0.3) is 0 Å². The molecule has 0 saturated heterocycles. The summed E-state index contributed by atoms with van der Waals surface area (Å²) in [7, 11) is 0. The molecule has 3 nitrogen and oxygen atoms in total. The van der Waals surface area contributed by atoms with E-state index in [2.05, 4.69) is 5.32 Å². The van der Waals surface area contributed by atoms with Gasteiger partial charge < -0.3 is 10.4 Å². The normalized spacial score (nSPS) is 12.0. The van der Waals surface area contributed by atoms with E-state index in [9.17, 15) is 14.3 Å². The summed E-state index contributed by atoms with van der Waals surface area (Å²) in [5.74, 6) is -0.624. The molecule has 2 N–H and O–H groups in total. The van der Waals surface area contributed by atoms with Crippen molar-refractivity contribution in [1.29, 1.82) is 0 Å². The molecule has 2 aromatic rings. The molecule has 0 aliphatic carbocycles. The fraction of sp³-hybridized carbons (Fsp3) is 0.188. The van der Waals surface area contributed by atoms with E-state index in [0.717, 1.165) is 5.56 Å². The second kappa shape index (κ2) is 5.84. The fourth-order valence-corrected chi connectivity index (χ4v) is 1.83. The lowest BCUT2D eigenvalue weighted by atomic mass is 10.1. The first-order chi connectivity index (χ1) is 9.47. The average molecular weight is 273 g/mol. The molecule has 0 spiro atoms. The second-order valence-electron chi connectivity index (χ2n) is 4.72. The smallest absolute Gasteiger partial charge is 0.255 e. The number of aliphatic hydroxyl groups excluding tert-OH is 1. The van der Waals surface area contributed by atoms with Gasteiger partial charge in [0.25, 0.3) is 5.91 Å². The molecule has 0 saturated carbocycles. The van der Waals surface area contributed by atoms with E-state index >= 15 is 0 Å². The number of rotatable bonds is 3. The number of hydrogen-bond donors (Lipinski definition) is 2. The number of anilines is 1. The number of aliphatic hydroxyl groups is 1. The van der Waals surface area contributed by atoms with Gasteiger partial charge in [0.15, 0.2) is 0 Å². The van der Waals surface area contributed by atoms with Crippen LogP contribution in [-0.4, -0.2) is 11.0 Å². The summed E-state index contributed by atoms with van der Waals surface area (Å²) in [5.41, 5.74) is 2.24. The van der Waals surface area contributed by atoms with Crippen LogP contribution in [0.4, 0.5) is 10.1 Å². The summed E-state index contributed by atoms with van der Waals surface area (Å²) in [6.07, 6.45) is -0.542. The number of carbonyl (C=O) groups is 1. The molecule has 104 valence electrons. The number of carbonyl (C=O) groups excluding carboxylic acids is 1. The van der Waals surface area contributed by atoms with E-state index in [4.69, 9.17) is 0 Å². The highest BCUT2D eigenvalue weighted by Gasteiger charge is 2.08. The van der Waals surface area contributed by atoms with Gasteiger partial charge in [-0.1, -0.05) is 12.1 Å². The predicted molar refractivity (Wildman–Crippen MR) is 76.2 cm³/mol. The molecular weight excluding hydrogens is 257 g/mol. The molecule has 0 radical (unpaired) electrons. The van der Waals surface area contributed by atoms with Gasteiger partial charge in [-0.2, -0.15) is 0 Å². The highest BCUT2D eigenvalue weighted by atomic mass is 19.1. The number of nitrogens with one attached hydrogen (secondary N) is 1. The van der Waals surface area contributed by atoms with Gasteiger partial charge in [-0.3, -0.25) is 4.79 Å². The van der Waals surface area contributed by atoms with Crippen molar-refractivity contribution in [2.75, 3.05) is 5.32 Å². The van der Waals surface area contributed by atoms with Crippen molar-refractivity contribution in [3.8, 4) is 0 Å². The molecule has 1 atom stereocenters. The van der Waals surface area contributed by atoms with E-state index < -0.39 is 6.10 Å². The van der Waals surface area contributed by atoms with Crippen LogP contribution in [-0.2, 0) is 0 Å². The van der Waals surface area contributed by atoms with Crippen molar-refractivity contribution in [2.45, 2.75) is 20.0 Å². The first-order valence-corrected chi connectivity index (χ1v) is 6.33. The molecule has 0 aromatic heterocycles. The van der Waals surface area contributed by atoms with Crippen LogP contribution in [0.5, 0.6) is 0 Å². The molecule has 0 aliphatic rings. The van der Waals surface area contributed by atoms with Crippen LogP contribution in [0.2, 0.25) is 0 Å². The highest BCUT2D eigenvalue weighted by molar-refractivity contribution is 6.04. The Kier molecular flexibility index (Phi) is 4.15. The molecule has 1 unspecified atom stereocenters. The first-order valence-electron chi connectivity index (χ1n) is 6.33. The van der Waals surface area contributed by atoms with Crippen LogP contribution in [0.15, 0.2) is 42.5 Å². The second-order valence-corrected chi connectivity index (χ2v) is 4.72. The van der Waals surface area contributed by atoms with Crippen LogP contribution in [0.1, 0.15) is 34.5 Å². The van der Waals surface area contributed by atoms with Gasteiger partial charge in [0, 0.05) is 11.3 Å². The Morgan fingerprint density at radius 2 is 1.85 bits per heavy atom. The van der Waals surface area contributed by atoms with E-state index in [1.165, 1.54) is 18.2 Å². The van der Waals surface area contributed by atoms with Gasteiger partial charge >= 0.3 is 0 Å². The molecule has 2 rings (SSSR count). The molecule has 20 heavy (non-hydrogen) atoms. The molecule has 1 amide bonds. The number of halogens is 1. The lowest BCUT2D eigenvalue weighted by Crippen LogP contribution is -2.12. The number of hydrogen-bond acceptors (Lipinski definition) is 2. The van der Waals surface area contributed by atoms with Crippen molar-refractivity contribution in [2.24, 2.45) is 0 Å². The predicted octanol–water partition coefficient (Wildman–Crippen LogP) is 3.44. The van der Waals surface area contributed by atoms with Gasteiger partial charge in [0.2, 0.25) is 0 Å². The molecular formula is C16H16FNO2. The maximum atomic E-state index is 13.2. The molecule has 0 bridgehead atoms. The number of amides is 1. The van der Waals surface area contributed by atoms with Crippen LogP contribution in [0.3, 0.4) is 0 Å². The molecule has 4 heteroatoms. The third-order valence-corrected chi connectivity index (χ3v) is 3.07. The summed E-state index contributed by atoms with van der Waals surface area (Å²) >= 11 is 0. The van der Waals surface area contributed by atoms with Crippen molar-refractivity contribution in [3.05, 3.63) is 65.0 Å². The Morgan fingerprint density at radius 3 is 2.40 bits per heavy atom. The zero-order valence-corrected chi connectivity index (χ0v) is 11.4. The summed E-state index contributed by atoms with van der Waals surface area (Å²) in [6, 6.07) is 11.2. The third-order valence-electron chi connectivity index (χ3n) is 3.07. The number of aryl methyl sites for hydroxylation is 1. The van der Waals surface area contributed by atoms with Gasteiger partial charge in [-0.25, -0.2) is 4.39 Å². The van der Waals surface area contributed by atoms with E-state index in [1.54, 1.807) is 38.1 Å². The van der Waals surface area contributed by atoms with Crippen LogP contribution >= 0.6 is 0 Å². The average Bonchev–Trinajstić information content (AvgIpc) is 2.42. The Balaban J connectivity index is 2.12. The van der Waals surface area contributed by atoms with Crippen molar-refractivity contribution >= 4 is 11.6 Å². The van der Waals surface area contributed by atoms with Gasteiger partial charge in [0.1, 0.15) is 5.82 Å². The third kappa shape index (κ3) is 3.22. The Morgan fingerprint density at radius 1 is 1.20 bits per heavy atom. The zero-order valence-electron chi connectivity index (χ0n) is 11.4. The lowest BCUT2D eigenvalue weighted by Gasteiger charge is -2.08. The maximum Gasteiger partial charge on any atom is 0.255 e. The standard InChI is InChI=1S/C16H16FNO2/c1-10-9-13(5-8-15(10)17)16(20)18-14-6-3-12(4-7-14)11(2)19/h3-9,11,19H,1-2H3,(H,18,20). The number of benzene rings is 2. The fourth-order valence-electron chi connectivity index (χ4n) is 1.83. The summed E-state index contributed by atoms with van der Waals surface area (Å²) in [4.78, 5) is 12.0. The Bertz CT molecular complexity index is 621. The quantitative estimate of drug-likeness (QED) is 0.900. The highest BCUT2D eigenvalue weighted by Crippen LogP contribution is 2.17. The van der Waals surface area contributed by atoms with Crippen molar-refractivity contribution < 1.29 is 14.3 Å². The molecule has 0 heterocycles. The topological polar surface area (TPSA) is 49.3 Å². The van der Waals surface area contributed by atoms with Crippen LogP contribution < -0.4 is 5.32 Å². The van der Waals surface area contributed by atoms with E-state index in [1.807, 2.05) is 0 Å². The van der Waals surface area contributed by atoms with Gasteiger partial charge in [0.05, 0.1) is 6.10 Å². The molecule has 2 aromatic carbocycles.